The highest BCUT2D eigenvalue weighted by Gasteiger charge is 2.20. The molecule has 0 saturated carbocycles. The molecule has 3 nitrogen and oxygen atoms in total. The molecule has 0 spiro atoms. The molecule has 5 heteroatoms. The molecular weight excluding hydrogens is 274 g/mol. The third kappa shape index (κ3) is 1.49. The first-order valence-corrected chi connectivity index (χ1v) is 7.15. The second-order valence-electron chi connectivity index (χ2n) is 3.77. The van der Waals surface area contributed by atoms with Gasteiger partial charge in [-0.3, -0.25) is 4.40 Å². The van der Waals surface area contributed by atoms with E-state index in [1.165, 1.54) is 24.4 Å². The summed E-state index contributed by atoms with van der Waals surface area (Å²) in [6.07, 6.45) is 4.70. The van der Waals surface area contributed by atoms with E-state index in [1.807, 2.05) is 0 Å². The van der Waals surface area contributed by atoms with Crippen molar-refractivity contribution in [2.24, 2.45) is 0 Å². The van der Waals surface area contributed by atoms with Crippen LogP contribution in [-0.2, 0) is 5.33 Å². The second kappa shape index (κ2) is 3.79. The van der Waals surface area contributed by atoms with Gasteiger partial charge in [-0.15, -0.1) is 11.3 Å². The minimum absolute atomic E-state index is 0.872. The van der Waals surface area contributed by atoms with Gasteiger partial charge >= 0.3 is 0 Å². The molecule has 2 aromatic heterocycles. The van der Waals surface area contributed by atoms with Crippen LogP contribution < -0.4 is 4.90 Å². The molecule has 80 valence electrons. The largest absolute Gasteiger partial charge is 0.355 e. The van der Waals surface area contributed by atoms with Gasteiger partial charge in [-0.2, -0.15) is 0 Å². The number of alkyl halides is 1. The van der Waals surface area contributed by atoms with Crippen LogP contribution in [0.15, 0.2) is 11.6 Å². The first-order chi connectivity index (χ1) is 7.40. The Hall–Kier alpha value is -0.550. The average molecular weight is 286 g/mol. The zero-order valence-electron chi connectivity index (χ0n) is 8.32. The van der Waals surface area contributed by atoms with Crippen molar-refractivity contribution in [1.82, 2.24) is 9.38 Å². The van der Waals surface area contributed by atoms with Crippen LogP contribution in [0.2, 0.25) is 0 Å². The third-order valence-corrected chi connectivity index (χ3v) is 4.16. The number of thiazole rings is 1. The summed E-state index contributed by atoms with van der Waals surface area (Å²) in [5, 5.41) is 2.96. The van der Waals surface area contributed by atoms with Gasteiger partial charge in [-0.25, -0.2) is 4.98 Å². The third-order valence-electron chi connectivity index (χ3n) is 2.87. The highest BCUT2D eigenvalue weighted by Crippen LogP contribution is 2.28. The van der Waals surface area contributed by atoms with E-state index in [4.69, 9.17) is 4.98 Å². The zero-order chi connectivity index (χ0) is 10.3. The Morgan fingerprint density at radius 2 is 2.20 bits per heavy atom. The summed E-state index contributed by atoms with van der Waals surface area (Å²) in [6, 6.07) is 0. The van der Waals surface area contributed by atoms with Gasteiger partial charge < -0.3 is 4.90 Å². The van der Waals surface area contributed by atoms with Gasteiger partial charge in [0.1, 0.15) is 0 Å². The number of nitrogens with zero attached hydrogens (tertiary/aromatic N) is 3. The maximum absolute atomic E-state index is 4.70. The summed E-state index contributed by atoms with van der Waals surface area (Å²) in [5.74, 6) is 1.18. The molecule has 1 aliphatic heterocycles. The first kappa shape index (κ1) is 9.66. The lowest BCUT2D eigenvalue weighted by Crippen LogP contribution is -2.19. The summed E-state index contributed by atoms with van der Waals surface area (Å²) >= 11 is 5.26. The molecule has 0 radical (unpaired) electrons. The normalized spacial score (nSPS) is 16.7. The molecule has 15 heavy (non-hydrogen) atoms. The Balaban J connectivity index is 2.11. The fourth-order valence-corrected chi connectivity index (χ4v) is 3.38. The quantitative estimate of drug-likeness (QED) is 0.791. The Morgan fingerprint density at radius 3 is 2.93 bits per heavy atom. The second-order valence-corrected chi connectivity index (χ2v) is 5.20. The Bertz CT molecular complexity index is 470. The topological polar surface area (TPSA) is 20.5 Å². The lowest BCUT2D eigenvalue weighted by atomic mass is 10.4. The van der Waals surface area contributed by atoms with Gasteiger partial charge in [-0.05, 0) is 12.8 Å². The number of hydrogen-bond donors (Lipinski definition) is 0. The van der Waals surface area contributed by atoms with Crippen molar-refractivity contribution >= 4 is 38.0 Å². The molecule has 1 fully saturated rings. The van der Waals surface area contributed by atoms with Gasteiger partial charge in [0.25, 0.3) is 0 Å². The smallest absolute Gasteiger partial charge is 0.195 e. The van der Waals surface area contributed by atoms with E-state index in [9.17, 15) is 0 Å². The molecule has 0 unspecified atom stereocenters. The van der Waals surface area contributed by atoms with Crippen LogP contribution in [0.3, 0.4) is 0 Å². The summed E-state index contributed by atoms with van der Waals surface area (Å²) < 4.78 is 2.19. The van der Waals surface area contributed by atoms with Crippen LogP contribution in [0.1, 0.15) is 18.5 Å². The predicted molar refractivity (Wildman–Crippen MR) is 67.1 cm³/mol. The van der Waals surface area contributed by atoms with Crippen molar-refractivity contribution in [3.63, 3.8) is 0 Å². The van der Waals surface area contributed by atoms with Gasteiger partial charge in [0.15, 0.2) is 10.8 Å². The lowest BCUT2D eigenvalue weighted by molar-refractivity contribution is 0.933. The van der Waals surface area contributed by atoms with Crippen molar-refractivity contribution in [1.29, 1.82) is 0 Å². The predicted octanol–water partition coefficient (Wildman–Crippen LogP) is 2.89. The molecule has 0 bridgehead atoms. The summed E-state index contributed by atoms with van der Waals surface area (Å²) in [7, 11) is 0. The monoisotopic (exact) mass is 285 g/mol. The minimum Gasteiger partial charge on any atom is -0.355 e. The number of imidazole rings is 1. The average Bonchev–Trinajstić information content (AvgIpc) is 2.93. The molecule has 3 rings (SSSR count). The van der Waals surface area contributed by atoms with Gasteiger partial charge in [0.2, 0.25) is 0 Å². The van der Waals surface area contributed by atoms with E-state index >= 15 is 0 Å². The Labute approximate surface area is 101 Å². The number of aromatic nitrogens is 2. The molecule has 0 aromatic carbocycles. The fourth-order valence-electron chi connectivity index (χ4n) is 2.13. The highest BCUT2D eigenvalue weighted by atomic mass is 79.9. The molecule has 0 N–H and O–H groups in total. The van der Waals surface area contributed by atoms with E-state index in [1.54, 1.807) is 11.3 Å². The van der Waals surface area contributed by atoms with Crippen LogP contribution in [0.25, 0.3) is 4.96 Å². The van der Waals surface area contributed by atoms with Crippen molar-refractivity contribution in [2.45, 2.75) is 18.2 Å². The summed E-state index contributed by atoms with van der Waals surface area (Å²) in [6.45, 7) is 2.32. The minimum atomic E-state index is 0.872. The van der Waals surface area contributed by atoms with Crippen LogP contribution in [0.4, 0.5) is 5.82 Å². The Morgan fingerprint density at radius 1 is 1.40 bits per heavy atom. The molecular formula is C10H12BrN3S. The number of anilines is 1. The van der Waals surface area contributed by atoms with Gasteiger partial charge in [0, 0.05) is 30.0 Å². The van der Waals surface area contributed by atoms with Gasteiger partial charge in [0.05, 0.1) is 5.69 Å². The van der Waals surface area contributed by atoms with E-state index < -0.39 is 0 Å². The summed E-state index contributed by atoms with van der Waals surface area (Å²) in [5.41, 5.74) is 1.29. The number of rotatable bonds is 2. The molecule has 0 amide bonds. The van der Waals surface area contributed by atoms with Crippen LogP contribution in [0.5, 0.6) is 0 Å². The molecule has 3 heterocycles. The number of fused-ring (bicyclic) bond motifs is 1. The fraction of sp³-hybridized carbons (Fsp3) is 0.500. The standard InChI is InChI=1S/C10H12BrN3S/c11-7-8-9(13-3-1-2-4-13)12-10-14(8)5-6-15-10/h5-6H,1-4,7H2. The highest BCUT2D eigenvalue weighted by molar-refractivity contribution is 9.08. The van der Waals surface area contributed by atoms with Crippen molar-refractivity contribution in [3.8, 4) is 0 Å². The van der Waals surface area contributed by atoms with Crippen LogP contribution >= 0.6 is 27.3 Å². The Kier molecular flexibility index (Phi) is 2.44. The molecule has 1 aliphatic rings. The van der Waals surface area contributed by atoms with E-state index in [-0.39, 0.29) is 0 Å². The molecule has 0 aliphatic carbocycles. The number of hydrogen-bond acceptors (Lipinski definition) is 3. The van der Waals surface area contributed by atoms with Crippen molar-refractivity contribution in [3.05, 3.63) is 17.3 Å². The van der Waals surface area contributed by atoms with E-state index in [0.717, 1.165) is 23.4 Å². The van der Waals surface area contributed by atoms with Crippen LogP contribution in [0, 0.1) is 0 Å². The molecule has 0 atom stereocenters. The first-order valence-electron chi connectivity index (χ1n) is 5.15. The molecule has 1 saturated heterocycles. The van der Waals surface area contributed by atoms with Crippen molar-refractivity contribution in [2.75, 3.05) is 18.0 Å². The van der Waals surface area contributed by atoms with Crippen LogP contribution in [-0.4, -0.2) is 22.5 Å². The SMILES string of the molecule is BrCc1c(N2CCCC2)nc2sccn12. The van der Waals surface area contributed by atoms with Gasteiger partial charge in [-0.1, -0.05) is 15.9 Å². The van der Waals surface area contributed by atoms with Crippen molar-refractivity contribution < 1.29 is 0 Å². The molecule has 2 aromatic rings. The maximum atomic E-state index is 4.70. The summed E-state index contributed by atoms with van der Waals surface area (Å²) in [4.78, 5) is 8.21. The van der Waals surface area contributed by atoms with E-state index in [0.29, 0.717) is 0 Å². The lowest BCUT2D eigenvalue weighted by Gasteiger charge is -2.15. The van der Waals surface area contributed by atoms with E-state index in [2.05, 4.69) is 36.8 Å². The zero-order valence-corrected chi connectivity index (χ0v) is 10.7. The maximum Gasteiger partial charge on any atom is 0.195 e. The number of halogens is 1.